The fourth-order valence-corrected chi connectivity index (χ4v) is 3.27. The molecule has 1 rings (SSSR count). The van der Waals surface area contributed by atoms with Crippen LogP contribution in [0.2, 0.25) is 0 Å². The van der Waals surface area contributed by atoms with Gasteiger partial charge in [0.05, 0.1) is 4.90 Å². The van der Waals surface area contributed by atoms with Gasteiger partial charge >= 0.3 is 29.6 Å². The molecule has 0 aliphatic rings. The van der Waals surface area contributed by atoms with Gasteiger partial charge in [0.15, 0.2) is 11.1 Å². The maximum atomic E-state index is 11.2. The van der Waals surface area contributed by atoms with Gasteiger partial charge in [0.1, 0.15) is 0 Å². The van der Waals surface area contributed by atoms with Gasteiger partial charge in [0, 0.05) is 0 Å². The van der Waals surface area contributed by atoms with E-state index in [2.05, 4.69) is 6.92 Å². The Kier molecular flexibility index (Phi) is 15.1. The fourth-order valence-electron chi connectivity index (χ4n) is 2.68. The van der Waals surface area contributed by atoms with E-state index in [1.807, 2.05) is 18.2 Å². The van der Waals surface area contributed by atoms with Crippen molar-refractivity contribution in [1.29, 1.82) is 0 Å². The molecule has 0 saturated carbocycles. The average molecular weight is 335 g/mol. The van der Waals surface area contributed by atoms with E-state index in [9.17, 15) is 8.76 Å². The molecule has 4 heteroatoms. The Morgan fingerprint density at radius 3 is 1.91 bits per heavy atom. The molecule has 1 N–H and O–H groups in total. The summed E-state index contributed by atoms with van der Waals surface area (Å²) in [6.45, 7) is 2.25. The molecule has 122 valence electrons. The number of rotatable bonds is 12. The van der Waals surface area contributed by atoms with Crippen molar-refractivity contribution in [2.45, 2.75) is 82.4 Å². The van der Waals surface area contributed by atoms with Gasteiger partial charge in [-0.15, -0.1) is 0 Å². The third-order valence-corrected chi connectivity index (χ3v) is 4.73. The van der Waals surface area contributed by atoms with Crippen LogP contribution in [-0.2, 0) is 17.5 Å². The SMILES string of the molecule is CCCCCCCCCCCCc1ccccc1S(=O)O.[NaH]. The maximum absolute atomic E-state index is 11.2. The molecule has 0 aliphatic heterocycles. The predicted molar refractivity (Wildman–Crippen MR) is 98.2 cm³/mol. The second-order valence-corrected chi connectivity index (χ2v) is 6.73. The summed E-state index contributed by atoms with van der Waals surface area (Å²) in [6, 6.07) is 7.49. The van der Waals surface area contributed by atoms with Crippen molar-refractivity contribution in [3.63, 3.8) is 0 Å². The van der Waals surface area contributed by atoms with E-state index in [0.29, 0.717) is 4.90 Å². The van der Waals surface area contributed by atoms with E-state index in [1.165, 1.54) is 57.8 Å². The summed E-state index contributed by atoms with van der Waals surface area (Å²) < 4.78 is 20.5. The van der Waals surface area contributed by atoms with Crippen molar-refractivity contribution in [2.75, 3.05) is 0 Å². The summed E-state index contributed by atoms with van der Waals surface area (Å²) >= 11 is -1.86. The molecule has 1 unspecified atom stereocenters. The molecule has 0 heterocycles. The summed E-state index contributed by atoms with van der Waals surface area (Å²) in [6.07, 6.45) is 14.1. The third kappa shape index (κ3) is 10.2. The van der Waals surface area contributed by atoms with Crippen molar-refractivity contribution in [1.82, 2.24) is 0 Å². The van der Waals surface area contributed by atoms with Crippen LogP contribution < -0.4 is 0 Å². The van der Waals surface area contributed by atoms with E-state index in [-0.39, 0.29) is 29.6 Å². The normalized spacial score (nSPS) is 11.9. The zero-order valence-corrected chi connectivity index (χ0v) is 14.2. The van der Waals surface area contributed by atoms with Gasteiger partial charge < -0.3 is 4.55 Å². The topological polar surface area (TPSA) is 37.3 Å². The first-order chi connectivity index (χ1) is 10.3. The second kappa shape index (κ2) is 14.9. The third-order valence-electron chi connectivity index (χ3n) is 3.96. The molecule has 0 radical (unpaired) electrons. The van der Waals surface area contributed by atoms with E-state index >= 15 is 0 Å². The Morgan fingerprint density at radius 1 is 0.864 bits per heavy atom. The van der Waals surface area contributed by atoms with Crippen LogP contribution in [0.3, 0.4) is 0 Å². The quantitative estimate of drug-likeness (QED) is 0.329. The summed E-state index contributed by atoms with van der Waals surface area (Å²) in [5, 5.41) is 0. The fraction of sp³-hybridized carbons (Fsp3) is 0.667. The number of aryl methyl sites for hydroxylation is 1. The predicted octanol–water partition coefficient (Wildman–Crippen LogP) is 5.08. The average Bonchev–Trinajstić information content (AvgIpc) is 2.49. The monoisotopic (exact) mass is 334 g/mol. The second-order valence-electron chi connectivity index (χ2n) is 5.79. The molecule has 1 aromatic rings. The molecular formula is C18H31NaO2S. The van der Waals surface area contributed by atoms with Crippen LogP contribution in [-0.4, -0.2) is 38.3 Å². The van der Waals surface area contributed by atoms with Gasteiger partial charge in [0.25, 0.3) is 0 Å². The molecule has 0 amide bonds. The Balaban J connectivity index is 0.00000441. The Bertz CT molecular complexity index is 410. The molecular weight excluding hydrogens is 303 g/mol. The van der Waals surface area contributed by atoms with Gasteiger partial charge in [-0.05, 0) is 24.5 Å². The van der Waals surface area contributed by atoms with Gasteiger partial charge in [-0.3, -0.25) is 0 Å². The van der Waals surface area contributed by atoms with Crippen molar-refractivity contribution in [3.05, 3.63) is 29.8 Å². The molecule has 0 bridgehead atoms. The van der Waals surface area contributed by atoms with Crippen LogP contribution in [0, 0.1) is 0 Å². The summed E-state index contributed by atoms with van der Waals surface area (Å²) in [5.74, 6) is 0. The Labute approximate surface area is 161 Å². The van der Waals surface area contributed by atoms with Gasteiger partial charge in [-0.2, -0.15) is 0 Å². The zero-order valence-electron chi connectivity index (χ0n) is 13.4. The molecule has 2 nitrogen and oxygen atoms in total. The van der Waals surface area contributed by atoms with E-state index < -0.39 is 11.1 Å². The molecule has 0 aromatic heterocycles. The van der Waals surface area contributed by atoms with E-state index in [1.54, 1.807) is 6.07 Å². The molecule has 0 aliphatic carbocycles. The number of unbranched alkanes of at least 4 members (excludes halogenated alkanes) is 9. The van der Waals surface area contributed by atoms with E-state index in [4.69, 9.17) is 0 Å². The minimum absolute atomic E-state index is 0. The van der Waals surface area contributed by atoms with Gasteiger partial charge in [-0.25, -0.2) is 4.21 Å². The van der Waals surface area contributed by atoms with Crippen molar-refractivity contribution in [2.24, 2.45) is 0 Å². The van der Waals surface area contributed by atoms with Gasteiger partial charge in [-0.1, -0.05) is 82.9 Å². The van der Waals surface area contributed by atoms with Gasteiger partial charge in [0.2, 0.25) is 0 Å². The molecule has 1 aromatic carbocycles. The number of benzene rings is 1. The first-order valence-corrected chi connectivity index (χ1v) is 9.55. The van der Waals surface area contributed by atoms with Crippen LogP contribution in [0.1, 0.15) is 76.7 Å². The number of hydrogen-bond acceptors (Lipinski definition) is 1. The Morgan fingerprint density at radius 2 is 1.36 bits per heavy atom. The van der Waals surface area contributed by atoms with Crippen molar-refractivity contribution in [3.8, 4) is 0 Å². The van der Waals surface area contributed by atoms with Crippen LogP contribution >= 0.6 is 0 Å². The van der Waals surface area contributed by atoms with E-state index in [0.717, 1.165) is 18.4 Å². The van der Waals surface area contributed by atoms with Crippen LogP contribution in [0.25, 0.3) is 0 Å². The van der Waals surface area contributed by atoms with Crippen molar-refractivity contribution >= 4 is 40.6 Å². The number of hydrogen-bond donors (Lipinski definition) is 1. The minimum atomic E-state index is -1.86. The molecule has 1 atom stereocenters. The molecule has 0 fully saturated rings. The van der Waals surface area contributed by atoms with Crippen LogP contribution in [0.5, 0.6) is 0 Å². The molecule has 22 heavy (non-hydrogen) atoms. The van der Waals surface area contributed by atoms with Crippen LogP contribution in [0.4, 0.5) is 0 Å². The van der Waals surface area contributed by atoms with Crippen LogP contribution in [0.15, 0.2) is 29.2 Å². The summed E-state index contributed by atoms with van der Waals surface area (Å²) in [5.41, 5.74) is 1.03. The van der Waals surface area contributed by atoms with Crippen molar-refractivity contribution < 1.29 is 8.76 Å². The Hall–Kier alpha value is 0.330. The summed E-state index contributed by atoms with van der Waals surface area (Å²) in [4.78, 5) is 0.577. The molecule has 0 saturated heterocycles. The standard InChI is InChI=1S/C18H30O2S.Na.H/c1-2-3-4-5-6-7-8-9-10-11-14-17-15-12-13-16-18(17)21(19)20;;/h12-13,15-16H,2-11,14H2,1H3,(H,19,20);;. The first-order valence-electron chi connectivity index (χ1n) is 8.44. The summed E-state index contributed by atoms with van der Waals surface area (Å²) in [7, 11) is 0. The first kappa shape index (κ1) is 22.3. The zero-order chi connectivity index (χ0) is 15.3. The molecule has 0 spiro atoms.